The minimum Gasteiger partial charge on any atom is -0.483 e. The van der Waals surface area contributed by atoms with Crippen LogP contribution in [0.5, 0.6) is 11.5 Å². The van der Waals surface area contributed by atoms with Gasteiger partial charge in [0.1, 0.15) is 11.5 Å². The maximum Gasteiger partial charge on any atom is 0.387 e. The van der Waals surface area contributed by atoms with Crippen LogP contribution in [0.3, 0.4) is 0 Å². The molecule has 0 radical (unpaired) electrons. The first kappa shape index (κ1) is 22.0. The topological polar surface area (TPSA) is 76.7 Å². The first-order chi connectivity index (χ1) is 14.9. The van der Waals surface area contributed by atoms with Crippen molar-refractivity contribution >= 4 is 34.8 Å². The quantitative estimate of drug-likeness (QED) is 0.498. The highest BCUT2D eigenvalue weighted by Gasteiger charge is 2.14. The summed E-state index contributed by atoms with van der Waals surface area (Å²) in [4.78, 5) is 24.7. The summed E-state index contributed by atoms with van der Waals surface area (Å²) in [5.74, 6) is -0.894. The SMILES string of the molecule is O=C(COc1ccccc1C(=O)Nc1ccccc1)Nc1ccc(OC(F)F)c(Cl)c1. The highest BCUT2D eigenvalue weighted by atomic mass is 35.5. The Labute approximate surface area is 181 Å². The zero-order valence-corrected chi connectivity index (χ0v) is 16.7. The van der Waals surface area contributed by atoms with Crippen molar-refractivity contribution in [3.05, 3.63) is 83.4 Å². The van der Waals surface area contributed by atoms with Gasteiger partial charge >= 0.3 is 6.61 Å². The summed E-state index contributed by atoms with van der Waals surface area (Å²) < 4.78 is 34.3. The van der Waals surface area contributed by atoms with Crippen LogP contribution < -0.4 is 20.1 Å². The van der Waals surface area contributed by atoms with Crippen molar-refractivity contribution < 1.29 is 27.8 Å². The van der Waals surface area contributed by atoms with E-state index in [1.54, 1.807) is 48.5 Å². The van der Waals surface area contributed by atoms with E-state index < -0.39 is 12.5 Å². The normalized spacial score (nSPS) is 10.5. The fraction of sp³-hybridized carbons (Fsp3) is 0.0909. The summed E-state index contributed by atoms with van der Waals surface area (Å²) in [6.07, 6.45) is 0. The smallest absolute Gasteiger partial charge is 0.387 e. The number of halogens is 3. The molecule has 9 heteroatoms. The molecule has 3 rings (SSSR count). The van der Waals surface area contributed by atoms with Crippen LogP contribution in [-0.4, -0.2) is 25.0 Å². The Balaban J connectivity index is 1.60. The second-order valence-electron chi connectivity index (χ2n) is 6.18. The van der Waals surface area contributed by atoms with Crippen molar-refractivity contribution in [2.45, 2.75) is 6.61 Å². The van der Waals surface area contributed by atoms with E-state index in [0.29, 0.717) is 5.69 Å². The lowest BCUT2D eigenvalue weighted by molar-refractivity contribution is -0.118. The number of para-hydroxylation sites is 2. The fourth-order valence-electron chi connectivity index (χ4n) is 2.61. The lowest BCUT2D eigenvalue weighted by Crippen LogP contribution is -2.21. The molecular weight excluding hydrogens is 430 g/mol. The molecule has 160 valence electrons. The Hall–Kier alpha value is -3.65. The predicted octanol–water partition coefficient (Wildman–Crippen LogP) is 5.21. The zero-order valence-electron chi connectivity index (χ0n) is 16.0. The van der Waals surface area contributed by atoms with Gasteiger partial charge in [-0.2, -0.15) is 8.78 Å². The van der Waals surface area contributed by atoms with Gasteiger partial charge in [0.2, 0.25) is 0 Å². The van der Waals surface area contributed by atoms with E-state index >= 15 is 0 Å². The van der Waals surface area contributed by atoms with E-state index in [2.05, 4.69) is 15.4 Å². The molecule has 6 nitrogen and oxygen atoms in total. The molecule has 3 aromatic rings. The van der Waals surface area contributed by atoms with Gasteiger partial charge in [0.15, 0.2) is 6.61 Å². The van der Waals surface area contributed by atoms with Crippen LogP contribution in [0.4, 0.5) is 20.2 Å². The maximum atomic E-state index is 12.5. The van der Waals surface area contributed by atoms with Gasteiger partial charge in [0.25, 0.3) is 11.8 Å². The second kappa shape index (κ2) is 10.4. The molecule has 0 aliphatic carbocycles. The number of ether oxygens (including phenoxy) is 2. The number of hydrogen-bond donors (Lipinski definition) is 2. The van der Waals surface area contributed by atoms with Crippen molar-refractivity contribution in [1.29, 1.82) is 0 Å². The van der Waals surface area contributed by atoms with Gasteiger partial charge in [-0.25, -0.2) is 0 Å². The number of amides is 2. The van der Waals surface area contributed by atoms with E-state index in [1.165, 1.54) is 18.2 Å². The van der Waals surface area contributed by atoms with Crippen LogP contribution in [0.15, 0.2) is 72.8 Å². The number of carbonyl (C=O) groups is 2. The minimum atomic E-state index is -3.01. The molecule has 0 spiro atoms. The highest BCUT2D eigenvalue weighted by Crippen LogP contribution is 2.29. The Kier molecular flexibility index (Phi) is 7.40. The molecule has 0 unspecified atom stereocenters. The summed E-state index contributed by atoms with van der Waals surface area (Å²) in [5.41, 5.74) is 1.15. The Bertz CT molecular complexity index is 1060. The van der Waals surface area contributed by atoms with Crippen LogP contribution in [0.1, 0.15) is 10.4 Å². The van der Waals surface area contributed by atoms with E-state index in [4.69, 9.17) is 16.3 Å². The Morgan fingerprint density at radius 3 is 2.29 bits per heavy atom. The average Bonchev–Trinajstić information content (AvgIpc) is 2.75. The first-order valence-electron chi connectivity index (χ1n) is 9.05. The van der Waals surface area contributed by atoms with E-state index in [1.807, 2.05) is 6.07 Å². The fourth-order valence-corrected chi connectivity index (χ4v) is 2.84. The third-order valence-corrected chi connectivity index (χ3v) is 4.25. The molecule has 0 heterocycles. The average molecular weight is 447 g/mol. The first-order valence-corrected chi connectivity index (χ1v) is 9.42. The molecule has 31 heavy (non-hydrogen) atoms. The van der Waals surface area contributed by atoms with E-state index in [0.717, 1.165) is 0 Å². The molecule has 2 amide bonds. The molecule has 3 aromatic carbocycles. The van der Waals surface area contributed by atoms with Crippen molar-refractivity contribution in [3.8, 4) is 11.5 Å². The van der Waals surface area contributed by atoms with Crippen LogP contribution in [0, 0.1) is 0 Å². The molecule has 0 bridgehead atoms. The van der Waals surface area contributed by atoms with Crippen LogP contribution in [-0.2, 0) is 4.79 Å². The lowest BCUT2D eigenvalue weighted by Gasteiger charge is -2.12. The molecule has 0 fully saturated rings. The van der Waals surface area contributed by atoms with Gasteiger partial charge < -0.3 is 20.1 Å². The number of benzene rings is 3. The zero-order chi connectivity index (χ0) is 22.2. The van der Waals surface area contributed by atoms with Crippen molar-refractivity contribution in [2.24, 2.45) is 0 Å². The molecule has 0 aliphatic rings. The Morgan fingerprint density at radius 2 is 1.58 bits per heavy atom. The molecule has 0 saturated carbocycles. The van der Waals surface area contributed by atoms with Gasteiger partial charge in [0, 0.05) is 11.4 Å². The van der Waals surface area contributed by atoms with Crippen molar-refractivity contribution in [2.75, 3.05) is 17.2 Å². The molecular formula is C22H17ClF2N2O4. The minimum absolute atomic E-state index is 0.0815. The predicted molar refractivity (Wildman–Crippen MR) is 113 cm³/mol. The third kappa shape index (κ3) is 6.42. The maximum absolute atomic E-state index is 12.5. The van der Waals surface area contributed by atoms with Crippen LogP contribution >= 0.6 is 11.6 Å². The number of carbonyl (C=O) groups excluding carboxylic acids is 2. The number of nitrogens with one attached hydrogen (secondary N) is 2. The summed E-state index contributed by atoms with van der Waals surface area (Å²) in [7, 11) is 0. The van der Waals surface area contributed by atoms with Gasteiger partial charge in [-0.3, -0.25) is 9.59 Å². The van der Waals surface area contributed by atoms with Crippen LogP contribution in [0.25, 0.3) is 0 Å². The number of rotatable bonds is 8. The number of hydrogen-bond acceptors (Lipinski definition) is 4. The van der Waals surface area contributed by atoms with Crippen molar-refractivity contribution in [3.63, 3.8) is 0 Å². The van der Waals surface area contributed by atoms with Gasteiger partial charge in [-0.05, 0) is 42.5 Å². The monoisotopic (exact) mass is 446 g/mol. The summed E-state index contributed by atoms with van der Waals surface area (Å²) in [6, 6.07) is 19.3. The van der Waals surface area contributed by atoms with E-state index in [-0.39, 0.29) is 40.3 Å². The molecule has 2 N–H and O–H groups in total. The molecule has 0 atom stereocenters. The van der Waals surface area contributed by atoms with Crippen molar-refractivity contribution in [1.82, 2.24) is 0 Å². The molecule has 0 aliphatic heterocycles. The van der Waals surface area contributed by atoms with Crippen LogP contribution in [0.2, 0.25) is 5.02 Å². The summed E-state index contributed by atoms with van der Waals surface area (Å²) in [6.45, 7) is -3.40. The molecule has 0 aromatic heterocycles. The summed E-state index contributed by atoms with van der Waals surface area (Å²) >= 11 is 5.87. The number of alkyl halides is 2. The van der Waals surface area contributed by atoms with Gasteiger partial charge in [-0.15, -0.1) is 0 Å². The third-order valence-electron chi connectivity index (χ3n) is 3.95. The van der Waals surface area contributed by atoms with Gasteiger partial charge in [0.05, 0.1) is 10.6 Å². The van der Waals surface area contributed by atoms with Gasteiger partial charge in [-0.1, -0.05) is 41.9 Å². The number of anilines is 2. The standard InChI is InChI=1S/C22H17ClF2N2O4/c23-17-12-15(10-11-19(17)31-22(24)25)26-20(28)13-30-18-9-5-4-8-16(18)21(29)27-14-6-2-1-3-7-14/h1-12,22H,13H2,(H,26,28)(H,27,29). The highest BCUT2D eigenvalue weighted by molar-refractivity contribution is 6.32. The van der Waals surface area contributed by atoms with E-state index in [9.17, 15) is 18.4 Å². The second-order valence-corrected chi connectivity index (χ2v) is 6.58. The molecule has 0 saturated heterocycles. The Morgan fingerprint density at radius 1 is 0.871 bits per heavy atom. The lowest BCUT2D eigenvalue weighted by atomic mass is 10.2. The summed E-state index contributed by atoms with van der Waals surface area (Å²) in [5, 5.41) is 5.20. The largest absolute Gasteiger partial charge is 0.483 e.